The number of rotatable bonds is 0. The number of benzene rings is 9. The SMILES string of the molecule is c1ccc2c(c1)-c1ccccc1C21c2ccccc2-c2cc3c4c(ncn4-c4cccc5c4B3c3cc4c(c6ncn-5c36)C3(c5ccccc5-c5ccccc53)c3ccccc3-4)c21. The van der Waals surface area contributed by atoms with Crippen molar-refractivity contribution in [2.75, 3.05) is 0 Å². The molecule has 0 fully saturated rings. The van der Waals surface area contributed by atoms with Crippen molar-refractivity contribution >= 4 is 45.2 Å². The lowest BCUT2D eigenvalue weighted by Gasteiger charge is -2.35. The van der Waals surface area contributed by atoms with Crippen molar-refractivity contribution in [2.45, 2.75) is 10.8 Å². The predicted molar refractivity (Wildman–Crippen MR) is 253 cm³/mol. The summed E-state index contributed by atoms with van der Waals surface area (Å²) in [6, 6.07) is 66.6. The molecule has 4 nitrogen and oxygen atoms in total. The lowest BCUT2D eigenvalue weighted by molar-refractivity contribution is 0.799. The Hall–Kier alpha value is -8.02. The lowest BCUT2D eigenvalue weighted by atomic mass is 9.34. The van der Waals surface area contributed by atoms with Crippen molar-refractivity contribution in [3.8, 4) is 55.9 Å². The molecule has 0 saturated carbocycles. The van der Waals surface area contributed by atoms with Crippen molar-refractivity contribution in [3.63, 3.8) is 0 Å². The highest BCUT2D eigenvalue weighted by molar-refractivity contribution is 7.00. The van der Waals surface area contributed by atoms with Crippen molar-refractivity contribution < 1.29 is 0 Å². The quantitative estimate of drug-likeness (QED) is 0.143. The molecule has 0 amide bonds. The van der Waals surface area contributed by atoms with E-state index in [0.29, 0.717) is 0 Å². The summed E-state index contributed by atoms with van der Waals surface area (Å²) >= 11 is 0. The highest BCUT2D eigenvalue weighted by atomic mass is 15.1. The van der Waals surface area contributed by atoms with Gasteiger partial charge in [0, 0.05) is 22.5 Å². The van der Waals surface area contributed by atoms with Crippen LogP contribution in [-0.2, 0) is 10.8 Å². The van der Waals surface area contributed by atoms with Crippen LogP contribution in [0, 0.1) is 0 Å². The Balaban J connectivity index is 1.01. The van der Waals surface area contributed by atoms with E-state index >= 15 is 0 Å². The molecule has 4 heterocycles. The lowest BCUT2D eigenvalue weighted by Crippen LogP contribution is -2.59. The fourth-order valence-corrected chi connectivity index (χ4v) is 14.1. The first-order valence-electron chi connectivity index (χ1n) is 22.1. The molecule has 63 heavy (non-hydrogen) atoms. The van der Waals surface area contributed by atoms with Gasteiger partial charge in [0.1, 0.15) is 12.7 Å². The second kappa shape index (κ2) is 10.4. The van der Waals surface area contributed by atoms with Crippen LogP contribution in [0.1, 0.15) is 44.5 Å². The van der Waals surface area contributed by atoms with Crippen molar-refractivity contribution in [1.29, 1.82) is 0 Å². The number of imidazole rings is 2. The van der Waals surface area contributed by atoms with Crippen LogP contribution in [0.5, 0.6) is 0 Å². The largest absolute Gasteiger partial charge is 0.300 e. The van der Waals surface area contributed by atoms with Crippen molar-refractivity contribution in [3.05, 3.63) is 233 Å². The van der Waals surface area contributed by atoms with Crippen LogP contribution in [0.3, 0.4) is 0 Å². The molecule has 2 spiro atoms. The highest BCUT2D eigenvalue weighted by Crippen LogP contribution is 2.66. The summed E-state index contributed by atoms with van der Waals surface area (Å²) < 4.78 is 4.79. The van der Waals surface area contributed by atoms with Crippen LogP contribution < -0.4 is 16.4 Å². The van der Waals surface area contributed by atoms with Crippen LogP contribution in [0.2, 0.25) is 0 Å². The Morgan fingerprint density at radius 1 is 0.349 bits per heavy atom. The number of hydrogen-bond donors (Lipinski definition) is 0. The standard InChI is InChI=1S/C58H31BN4/c1-7-20-40-32(14-1)33-15-2-8-21-41(33)57(40)44-24-11-5-18-36(44)38-28-46-55-53(50(38)57)60-30-62(55)48-26-13-27-49-52(48)59(46)47-29-39-37-19-6-12-25-45(37)58(51(39)54-56(47)63(49)31-61-54)42-22-9-3-16-34(42)35-17-4-10-23-43(35)58/h1-31H. The predicted octanol–water partition coefficient (Wildman–Crippen LogP) is 10.2. The van der Waals surface area contributed by atoms with Crippen LogP contribution in [0.15, 0.2) is 189 Å². The normalized spacial score (nSPS) is 15.5. The van der Waals surface area contributed by atoms with E-state index in [4.69, 9.17) is 9.97 Å². The average Bonchev–Trinajstić information content (AvgIpc) is 4.19. The van der Waals surface area contributed by atoms with Crippen LogP contribution in [0.4, 0.5) is 0 Å². The molecular formula is C58H31BN4. The summed E-state index contributed by atoms with van der Waals surface area (Å²) in [5.74, 6) is 0. The fraction of sp³-hybridized carbons (Fsp3) is 0.0345. The zero-order valence-electron chi connectivity index (χ0n) is 33.8. The van der Waals surface area contributed by atoms with E-state index in [1.807, 2.05) is 0 Å². The van der Waals surface area contributed by atoms with Crippen LogP contribution >= 0.6 is 0 Å². The van der Waals surface area contributed by atoms with Gasteiger partial charge >= 0.3 is 0 Å². The molecule has 0 bridgehead atoms. The highest BCUT2D eigenvalue weighted by Gasteiger charge is 2.56. The minimum Gasteiger partial charge on any atom is -0.300 e. The Kier molecular flexibility index (Phi) is 5.23. The summed E-state index contributed by atoms with van der Waals surface area (Å²) in [5, 5.41) is 0. The molecule has 17 rings (SSSR count). The third kappa shape index (κ3) is 3.19. The maximum atomic E-state index is 5.54. The average molecular weight is 795 g/mol. The Labute approximate surface area is 362 Å². The molecule has 0 atom stereocenters. The summed E-state index contributed by atoms with van der Waals surface area (Å²) in [6.45, 7) is -0.0380. The molecule has 0 unspecified atom stereocenters. The van der Waals surface area contributed by atoms with Gasteiger partial charge in [0.2, 0.25) is 0 Å². The van der Waals surface area contributed by atoms with Crippen LogP contribution in [-0.4, -0.2) is 25.8 Å². The molecular weight excluding hydrogens is 763 g/mol. The number of hydrogen-bond acceptors (Lipinski definition) is 2. The molecule has 0 saturated heterocycles. The van der Waals surface area contributed by atoms with Crippen molar-refractivity contribution in [2.24, 2.45) is 0 Å². The molecule has 2 aromatic heterocycles. The second-order valence-electron chi connectivity index (χ2n) is 18.3. The minimum atomic E-state index is -0.489. The zero-order valence-corrected chi connectivity index (χ0v) is 33.8. The van der Waals surface area contributed by atoms with Gasteiger partial charge in [0.15, 0.2) is 0 Å². The Bertz CT molecular complexity index is 3670. The van der Waals surface area contributed by atoms with Gasteiger partial charge in [-0.25, -0.2) is 9.97 Å². The summed E-state index contributed by atoms with van der Waals surface area (Å²) in [6.07, 6.45) is 4.20. The number of aromatic nitrogens is 4. The van der Waals surface area contributed by atoms with Gasteiger partial charge in [-0.2, -0.15) is 0 Å². The third-order valence-electron chi connectivity index (χ3n) is 16.1. The van der Waals surface area contributed by atoms with Crippen molar-refractivity contribution in [1.82, 2.24) is 19.1 Å². The van der Waals surface area contributed by atoms with Gasteiger partial charge in [0.25, 0.3) is 6.71 Å². The van der Waals surface area contributed by atoms with E-state index in [0.717, 1.165) is 11.0 Å². The van der Waals surface area contributed by atoms with E-state index in [-0.39, 0.29) is 6.71 Å². The zero-order chi connectivity index (χ0) is 40.5. The van der Waals surface area contributed by atoms with Gasteiger partial charge in [-0.15, -0.1) is 0 Å². The monoisotopic (exact) mass is 794 g/mol. The van der Waals surface area contributed by atoms with E-state index in [1.165, 1.54) is 128 Å². The van der Waals surface area contributed by atoms with Gasteiger partial charge in [-0.1, -0.05) is 164 Å². The van der Waals surface area contributed by atoms with E-state index in [2.05, 4.69) is 198 Å². The molecule has 6 aliphatic rings. The molecule has 9 aromatic carbocycles. The Morgan fingerprint density at radius 2 is 0.667 bits per heavy atom. The molecule has 286 valence electrons. The first kappa shape index (κ1) is 31.8. The van der Waals surface area contributed by atoms with E-state index in [1.54, 1.807) is 0 Å². The maximum absolute atomic E-state index is 5.54. The van der Waals surface area contributed by atoms with Crippen LogP contribution in [0.25, 0.3) is 77.9 Å². The molecule has 0 radical (unpaired) electrons. The number of nitrogens with zero attached hydrogens (tertiary/aromatic N) is 4. The van der Waals surface area contributed by atoms with Gasteiger partial charge < -0.3 is 0 Å². The summed E-state index contributed by atoms with van der Waals surface area (Å²) in [4.78, 5) is 11.1. The minimum absolute atomic E-state index is 0.0380. The summed E-state index contributed by atoms with van der Waals surface area (Å²) in [5.41, 5.74) is 30.9. The van der Waals surface area contributed by atoms with Gasteiger partial charge in [-0.05, 0) is 106 Å². The molecule has 4 aliphatic carbocycles. The topological polar surface area (TPSA) is 35.6 Å². The first-order chi connectivity index (χ1) is 31.3. The van der Waals surface area contributed by atoms with Gasteiger partial charge in [0.05, 0.1) is 32.9 Å². The second-order valence-corrected chi connectivity index (χ2v) is 18.3. The molecule has 11 aromatic rings. The maximum Gasteiger partial charge on any atom is 0.252 e. The third-order valence-corrected chi connectivity index (χ3v) is 16.1. The van der Waals surface area contributed by atoms with E-state index in [9.17, 15) is 0 Å². The molecule has 5 heteroatoms. The van der Waals surface area contributed by atoms with E-state index < -0.39 is 10.8 Å². The summed E-state index contributed by atoms with van der Waals surface area (Å²) in [7, 11) is 0. The molecule has 2 aliphatic heterocycles. The fourth-order valence-electron chi connectivity index (χ4n) is 14.1. The molecule has 0 N–H and O–H groups in total. The smallest absolute Gasteiger partial charge is 0.252 e. The Morgan fingerprint density at radius 3 is 1.02 bits per heavy atom. The van der Waals surface area contributed by atoms with Gasteiger partial charge in [-0.3, -0.25) is 9.13 Å². The number of fused-ring (bicyclic) bond motifs is 26. The first-order valence-corrected chi connectivity index (χ1v) is 22.1.